The lowest BCUT2D eigenvalue weighted by atomic mass is 9.76. The summed E-state index contributed by atoms with van der Waals surface area (Å²) in [7, 11) is 3.43. The number of esters is 1. The minimum absolute atomic E-state index is 0.104. The molecule has 13 nitrogen and oxygen atoms in total. The molecule has 4 fully saturated rings. The highest BCUT2D eigenvalue weighted by molar-refractivity contribution is 5.73. The third-order valence-corrected chi connectivity index (χ3v) is 13.6. The van der Waals surface area contributed by atoms with Crippen molar-refractivity contribution in [3.63, 3.8) is 0 Å². The van der Waals surface area contributed by atoms with Gasteiger partial charge in [0.25, 0.3) is 0 Å². The van der Waals surface area contributed by atoms with Crippen LogP contribution in [0.4, 0.5) is 4.39 Å². The van der Waals surface area contributed by atoms with E-state index < -0.39 is 102 Å². The second-order valence-electron chi connectivity index (χ2n) is 18.3. The summed E-state index contributed by atoms with van der Waals surface area (Å²) in [6.45, 7) is 18.6. The fourth-order valence-electron chi connectivity index (χ4n) is 10.1. The molecule has 4 N–H and O–H groups in total. The van der Waals surface area contributed by atoms with Gasteiger partial charge in [-0.05, 0) is 91.5 Å². The number of halogens is 1. The van der Waals surface area contributed by atoms with E-state index in [0.717, 1.165) is 5.56 Å². The molecule has 4 heterocycles. The molecule has 19 atom stereocenters. The third-order valence-electron chi connectivity index (χ3n) is 13.6. The molecule has 4 saturated heterocycles. The number of carbonyl (C=O) groups is 1. The first-order valence-electron chi connectivity index (χ1n) is 20.8. The topological polar surface area (TPSA) is 166 Å². The van der Waals surface area contributed by atoms with Gasteiger partial charge in [-0.15, -0.1) is 0 Å². The van der Waals surface area contributed by atoms with Crippen LogP contribution >= 0.6 is 0 Å². The molecule has 7 unspecified atom stereocenters. The van der Waals surface area contributed by atoms with E-state index in [-0.39, 0.29) is 36.7 Å². The third kappa shape index (κ3) is 9.57. The summed E-state index contributed by atoms with van der Waals surface area (Å²) in [4.78, 5) is 16.4. The number of cyclic esters (lactones) is 1. The SMILES string of the molecule is CC[C@@H](O)[C@@](C)(O)[C@@H]1OC(=O)[C@H](C)[C@@H](O[C@H]2CC(C)(OC)[C@@H](O)C(C)O2)[C@H](C)[C@@H](O[C@@H]2OC(C)CC(N(C)Cc3ccc(F)cc3)C2O)[C@]2(C)CC(C)C(O2)[C@@H]1C. The number of methoxy groups -OCH3 is 1. The van der Waals surface area contributed by atoms with Crippen LogP contribution in [0.1, 0.15) is 100 Å². The molecule has 0 radical (unpaired) electrons. The van der Waals surface area contributed by atoms with E-state index in [4.69, 9.17) is 33.2 Å². The van der Waals surface area contributed by atoms with Crippen molar-refractivity contribution in [1.82, 2.24) is 4.90 Å². The van der Waals surface area contributed by atoms with Gasteiger partial charge in [0, 0.05) is 38.0 Å². The first-order valence-corrected chi connectivity index (χ1v) is 20.8. The van der Waals surface area contributed by atoms with Gasteiger partial charge in [0.05, 0.1) is 53.7 Å². The van der Waals surface area contributed by atoms with E-state index in [2.05, 4.69) is 0 Å². The maximum absolute atomic E-state index is 14.4. The lowest BCUT2D eigenvalue weighted by Gasteiger charge is -2.48. The van der Waals surface area contributed by atoms with Crippen molar-refractivity contribution in [2.45, 2.75) is 192 Å². The van der Waals surface area contributed by atoms with Crippen LogP contribution in [0.25, 0.3) is 0 Å². The van der Waals surface area contributed by atoms with Gasteiger partial charge in [0.15, 0.2) is 12.6 Å². The van der Waals surface area contributed by atoms with Crippen molar-refractivity contribution in [2.24, 2.45) is 23.7 Å². The lowest BCUT2D eigenvalue weighted by molar-refractivity contribution is -0.318. The molecule has 4 aliphatic rings. The normalized spacial score (nSPS) is 44.9. The number of aliphatic hydroxyl groups excluding tert-OH is 3. The number of rotatable bonds is 11. The van der Waals surface area contributed by atoms with Crippen LogP contribution in [0.5, 0.6) is 0 Å². The Morgan fingerprint density at radius 3 is 2.28 bits per heavy atom. The van der Waals surface area contributed by atoms with E-state index in [1.165, 1.54) is 26.2 Å². The highest BCUT2D eigenvalue weighted by Gasteiger charge is 2.59. The summed E-state index contributed by atoms with van der Waals surface area (Å²) < 4.78 is 59.2. The number of benzene rings is 1. The van der Waals surface area contributed by atoms with Crippen LogP contribution in [-0.4, -0.2) is 136 Å². The van der Waals surface area contributed by atoms with Crippen LogP contribution in [0.2, 0.25) is 0 Å². The molecule has 326 valence electrons. The summed E-state index contributed by atoms with van der Waals surface area (Å²) in [6.07, 6.45) is -8.25. The summed E-state index contributed by atoms with van der Waals surface area (Å²) in [5.41, 5.74) is -2.96. The van der Waals surface area contributed by atoms with E-state index in [1.807, 2.05) is 46.6 Å². The molecule has 0 aromatic heterocycles. The standard InChI is InChI=1S/C43H70FNO12/c1-13-31(46)43(10,50)38-24(4)34-22(2)19-42(9,57-34)37(56-40-33(47)30(18-23(3)52-40)45(11)21-28-14-16-29(44)17-15-28)25(5)35(26(6)39(49)55-38)54-32-20-41(8,51-12)36(48)27(7)53-32/h14-17,22-27,30-38,40,46-48,50H,13,18-21H2,1-12H3/t22?,23?,24-,25-,26+,27?,30?,31+,32-,33?,34?,35-,36-,37+,38+,40-,41?,42-,43+/m0/s1. The van der Waals surface area contributed by atoms with E-state index >= 15 is 0 Å². The summed E-state index contributed by atoms with van der Waals surface area (Å²) in [6, 6.07) is 5.90. The van der Waals surface area contributed by atoms with Crippen molar-refractivity contribution in [3.05, 3.63) is 35.6 Å². The Bertz CT molecular complexity index is 1490. The van der Waals surface area contributed by atoms with Gasteiger partial charge < -0.3 is 53.6 Å². The van der Waals surface area contributed by atoms with Gasteiger partial charge in [-0.3, -0.25) is 9.69 Å². The van der Waals surface area contributed by atoms with Gasteiger partial charge in [0.1, 0.15) is 29.7 Å². The smallest absolute Gasteiger partial charge is 0.311 e. The van der Waals surface area contributed by atoms with Gasteiger partial charge in [-0.2, -0.15) is 0 Å². The first-order chi connectivity index (χ1) is 26.6. The van der Waals surface area contributed by atoms with Crippen LogP contribution < -0.4 is 0 Å². The average molecular weight is 812 g/mol. The zero-order valence-electron chi connectivity index (χ0n) is 36.0. The Balaban J connectivity index is 1.55. The average Bonchev–Trinajstić information content (AvgIpc) is 3.48. The molecule has 14 heteroatoms. The fraction of sp³-hybridized carbons (Fsp3) is 0.837. The number of aliphatic hydroxyl groups is 4. The van der Waals surface area contributed by atoms with Crippen molar-refractivity contribution in [3.8, 4) is 0 Å². The Hall–Kier alpha value is -1.82. The van der Waals surface area contributed by atoms with Crippen molar-refractivity contribution in [1.29, 1.82) is 0 Å². The van der Waals surface area contributed by atoms with Gasteiger partial charge >= 0.3 is 5.97 Å². The summed E-state index contributed by atoms with van der Waals surface area (Å²) >= 11 is 0. The quantitative estimate of drug-likeness (QED) is 0.234. The number of ether oxygens (including phenoxy) is 7. The van der Waals surface area contributed by atoms with E-state index in [1.54, 1.807) is 39.8 Å². The highest BCUT2D eigenvalue weighted by atomic mass is 19.1. The number of likely N-dealkylation sites (N-methyl/N-ethyl adjacent to an activating group) is 1. The molecular formula is C43H70FNO12. The van der Waals surface area contributed by atoms with Crippen LogP contribution in [0.3, 0.4) is 0 Å². The monoisotopic (exact) mass is 811 g/mol. The van der Waals surface area contributed by atoms with Gasteiger partial charge in [0.2, 0.25) is 0 Å². The number of nitrogens with zero attached hydrogens (tertiary/aromatic N) is 1. The molecule has 0 amide bonds. The Morgan fingerprint density at radius 1 is 1.02 bits per heavy atom. The molecule has 5 rings (SSSR count). The van der Waals surface area contributed by atoms with Gasteiger partial charge in [-0.1, -0.05) is 39.8 Å². The molecular weight excluding hydrogens is 741 g/mol. The Labute approximate surface area is 338 Å². The molecule has 1 aromatic rings. The second-order valence-corrected chi connectivity index (χ2v) is 18.3. The summed E-state index contributed by atoms with van der Waals surface area (Å²) in [5.74, 6) is -3.22. The van der Waals surface area contributed by atoms with E-state index in [9.17, 15) is 29.6 Å². The molecule has 4 aliphatic heterocycles. The first kappa shape index (κ1) is 46.2. The van der Waals surface area contributed by atoms with Crippen molar-refractivity contribution in [2.75, 3.05) is 14.2 Å². The Morgan fingerprint density at radius 2 is 1.67 bits per heavy atom. The van der Waals surface area contributed by atoms with Gasteiger partial charge in [-0.25, -0.2) is 4.39 Å². The molecule has 1 aromatic carbocycles. The fourth-order valence-corrected chi connectivity index (χ4v) is 10.1. The number of carbonyl (C=O) groups excluding carboxylic acids is 1. The maximum Gasteiger partial charge on any atom is 0.311 e. The van der Waals surface area contributed by atoms with Crippen LogP contribution in [0, 0.1) is 29.5 Å². The molecule has 2 bridgehead atoms. The maximum atomic E-state index is 14.4. The highest BCUT2D eigenvalue weighted by Crippen LogP contribution is 2.48. The molecule has 0 saturated carbocycles. The molecule has 0 spiro atoms. The van der Waals surface area contributed by atoms with Crippen LogP contribution in [0.15, 0.2) is 24.3 Å². The summed E-state index contributed by atoms with van der Waals surface area (Å²) in [5, 5.41) is 45.9. The zero-order valence-corrected chi connectivity index (χ0v) is 36.0. The Kier molecular flexibility index (Phi) is 14.6. The lowest BCUT2D eigenvalue weighted by Crippen LogP contribution is -2.60. The number of fused-ring (bicyclic) bond motifs is 2. The second kappa shape index (κ2) is 18.0. The predicted molar refractivity (Wildman–Crippen MR) is 208 cm³/mol. The molecule has 57 heavy (non-hydrogen) atoms. The largest absolute Gasteiger partial charge is 0.459 e. The van der Waals surface area contributed by atoms with Crippen molar-refractivity contribution >= 4 is 5.97 Å². The number of hydrogen-bond acceptors (Lipinski definition) is 13. The minimum atomic E-state index is -1.82. The van der Waals surface area contributed by atoms with Crippen molar-refractivity contribution < 1.29 is 62.8 Å². The zero-order chi connectivity index (χ0) is 42.4. The molecule has 0 aliphatic carbocycles. The van der Waals surface area contributed by atoms with Crippen LogP contribution in [-0.2, 0) is 44.5 Å². The number of hydrogen-bond donors (Lipinski definition) is 4. The predicted octanol–water partition coefficient (Wildman–Crippen LogP) is 4.33. The van der Waals surface area contributed by atoms with E-state index in [0.29, 0.717) is 19.4 Å². The minimum Gasteiger partial charge on any atom is -0.459 e.